The Morgan fingerprint density at radius 1 is 0.977 bits per heavy atom. The van der Waals surface area contributed by atoms with Crippen molar-refractivity contribution in [2.45, 2.75) is 13.1 Å². The van der Waals surface area contributed by atoms with Gasteiger partial charge < -0.3 is 33.2 Å². The van der Waals surface area contributed by atoms with Crippen LogP contribution in [0.3, 0.4) is 0 Å². The predicted octanol–water partition coefficient (Wildman–Crippen LogP) is 5.05. The number of carbonyl (C=O) groups excluding carboxylic acids is 2. The van der Waals surface area contributed by atoms with Gasteiger partial charge in [0.05, 0.1) is 43.5 Å². The van der Waals surface area contributed by atoms with Gasteiger partial charge in [-0.2, -0.15) is 0 Å². The van der Waals surface area contributed by atoms with Crippen molar-refractivity contribution in [1.29, 1.82) is 0 Å². The summed E-state index contributed by atoms with van der Waals surface area (Å²) in [4.78, 5) is 43.8. The van der Waals surface area contributed by atoms with Crippen molar-refractivity contribution >= 4 is 34.4 Å². The second-order valence-electron chi connectivity index (χ2n) is 9.71. The maximum absolute atomic E-state index is 13.9. The van der Waals surface area contributed by atoms with E-state index in [2.05, 4.69) is 6.58 Å². The lowest BCUT2D eigenvalue weighted by Crippen LogP contribution is -2.43. The Bertz CT molecular complexity index is 1750. The molecule has 1 aromatic heterocycles. The Balaban J connectivity index is 1.46. The van der Waals surface area contributed by atoms with E-state index < -0.39 is 11.8 Å². The molecule has 2 heterocycles. The first-order valence-corrected chi connectivity index (χ1v) is 13.7. The molecule has 4 aromatic rings. The molecule has 10 nitrogen and oxygen atoms in total. The second kappa shape index (κ2) is 12.9. The summed E-state index contributed by atoms with van der Waals surface area (Å²) in [7, 11) is 2.96. The molecule has 0 radical (unpaired) electrons. The Kier molecular flexibility index (Phi) is 8.87. The lowest BCUT2D eigenvalue weighted by Gasteiger charge is -2.27. The number of hydrogen-bond donors (Lipinski definition) is 0. The summed E-state index contributed by atoms with van der Waals surface area (Å²) in [5.74, 6) is 1.13. The zero-order chi connectivity index (χ0) is 30.5. The molecule has 11 heteroatoms. The molecule has 0 aliphatic carbocycles. The van der Waals surface area contributed by atoms with E-state index in [1.165, 1.54) is 42.4 Å². The van der Waals surface area contributed by atoms with Gasteiger partial charge in [0.2, 0.25) is 12.7 Å². The van der Waals surface area contributed by atoms with Crippen LogP contribution in [0, 0.1) is 0 Å². The highest BCUT2D eigenvalue weighted by atomic mass is 35.5. The third-order valence-corrected chi connectivity index (χ3v) is 7.17. The van der Waals surface area contributed by atoms with Crippen LogP contribution in [0.25, 0.3) is 11.0 Å². The van der Waals surface area contributed by atoms with E-state index >= 15 is 0 Å². The number of hydrogen-bond acceptors (Lipinski definition) is 8. The van der Waals surface area contributed by atoms with Crippen molar-refractivity contribution in [2.24, 2.45) is 0 Å². The zero-order valence-corrected chi connectivity index (χ0v) is 24.4. The number of rotatable bonds is 11. The molecule has 0 unspecified atom stereocenters. The highest BCUT2D eigenvalue weighted by molar-refractivity contribution is 6.31. The van der Waals surface area contributed by atoms with E-state index in [0.29, 0.717) is 39.0 Å². The Morgan fingerprint density at radius 2 is 1.79 bits per heavy atom. The van der Waals surface area contributed by atoms with Crippen molar-refractivity contribution < 1.29 is 33.0 Å². The van der Waals surface area contributed by atoms with E-state index in [9.17, 15) is 14.4 Å². The fourth-order valence-electron chi connectivity index (χ4n) is 4.73. The molecule has 0 N–H and O–H groups in total. The minimum atomic E-state index is -0.435. The predicted molar refractivity (Wildman–Crippen MR) is 160 cm³/mol. The largest absolute Gasteiger partial charge is 0.497 e. The van der Waals surface area contributed by atoms with Crippen molar-refractivity contribution in [2.75, 3.05) is 34.1 Å². The van der Waals surface area contributed by atoms with Crippen molar-refractivity contribution in [3.8, 4) is 23.0 Å². The number of ether oxygens (including phenoxy) is 4. The van der Waals surface area contributed by atoms with E-state index in [0.717, 1.165) is 5.56 Å². The van der Waals surface area contributed by atoms with Crippen LogP contribution >= 0.6 is 11.6 Å². The van der Waals surface area contributed by atoms with Gasteiger partial charge in [0.15, 0.2) is 16.9 Å². The summed E-state index contributed by atoms with van der Waals surface area (Å²) in [6, 6.07) is 14.9. The number of nitrogens with zero attached hydrogens (tertiary/aromatic N) is 2. The van der Waals surface area contributed by atoms with Crippen LogP contribution in [-0.2, 0) is 17.9 Å². The summed E-state index contributed by atoms with van der Waals surface area (Å²) < 4.78 is 27.3. The van der Waals surface area contributed by atoms with Gasteiger partial charge in [0.1, 0.15) is 23.6 Å². The van der Waals surface area contributed by atoms with Crippen LogP contribution in [0.15, 0.2) is 82.7 Å². The first-order chi connectivity index (χ1) is 20.8. The maximum Gasteiger partial charge on any atom is 0.258 e. The number of fused-ring (bicyclic) bond motifs is 2. The van der Waals surface area contributed by atoms with Gasteiger partial charge in [-0.25, -0.2) is 0 Å². The van der Waals surface area contributed by atoms with Crippen LogP contribution < -0.4 is 24.4 Å². The highest BCUT2D eigenvalue weighted by Crippen LogP contribution is 2.33. The normalized spacial score (nSPS) is 11.7. The van der Waals surface area contributed by atoms with Crippen LogP contribution in [-0.4, -0.2) is 55.7 Å². The molecule has 222 valence electrons. The van der Waals surface area contributed by atoms with Gasteiger partial charge in [-0.1, -0.05) is 23.7 Å². The topological polar surface area (TPSA) is 108 Å². The molecule has 0 saturated carbocycles. The van der Waals surface area contributed by atoms with E-state index in [1.807, 2.05) is 6.07 Å². The molecule has 0 fully saturated rings. The van der Waals surface area contributed by atoms with Crippen LogP contribution in [0.1, 0.15) is 21.5 Å². The summed E-state index contributed by atoms with van der Waals surface area (Å²) in [6.45, 7) is 3.69. The minimum absolute atomic E-state index is 0.0833. The zero-order valence-electron chi connectivity index (χ0n) is 23.6. The average molecular weight is 605 g/mol. The quantitative estimate of drug-likeness (QED) is 0.219. The third kappa shape index (κ3) is 6.44. The summed E-state index contributed by atoms with van der Waals surface area (Å²) in [5.41, 5.74) is 1.32. The summed E-state index contributed by atoms with van der Waals surface area (Å²) in [6.07, 6.45) is 2.87. The Hall–Kier alpha value is -4.96. The maximum atomic E-state index is 13.9. The molecular formula is C32H29ClN2O8. The number of amides is 2. The molecule has 0 spiro atoms. The van der Waals surface area contributed by atoms with Crippen molar-refractivity contribution in [3.05, 3.63) is 105 Å². The van der Waals surface area contributed by atoms with Crippen LogP contribution in [0.5, 0.6) is 23.0 Å². The summed E-state index contributed by atoms with van der Waals surface area (Å²) >= 11 is 6.13. The number of benzene rings is 3. The fourth-order valence-corrected chi connectivity index (χ4v) is 4.91. The Morgan fingerprint density at radius 3 is 2.56 bits per heavy atom. The molecule has 43 heavy (non-hydrogen) atoms. The second-order valence-corrected chi connectivity index (χ2v) is 10.1. The van der Waals surface area contributed by atoms with E-state index in [-0.39, 0.29) is 49.5 Å². The molecule has 2 amide bonds. The first-order valence-electron chi connectivity index (χ1n) is 13.3. The smallest absolute Gasteiger partial charge is 0.258 e. The Labute approximate surface area is 252 Å². The van der Waals surface area contributed by atoms with Gasteiger partial charge in [-0.15, -0.1) is 6.58 Å². The SMILES string of the molecule is C=CCN(CC(=O)N(Cc1ccc2c(c1)OCO2)Cc1coc2ccc(Cl)cc2c1=O)C(=O)c1ccc(OC)cc1OC. The first kappa shape index (κ1) is 29.5. The van der Waals surface area contributed by atoms with Gasteiger partial charge in [0, 0.05) is 24.2 Å². The standard InChI is InChI=1S/C32H29ClN2O8/c1-4-11-34(32(38)24-8-7-23(39-2)14-28(24)40-3)17-30(36)35(15-20-5-9-27-29(12-20)43-19-42-27)16-21-18-41-26-10-6-22(33)13-25(26)31(21)37/h4-10,12-14,18H,1,11,15-17,19H2,2-3H3. The summed E-state index contributed by atoms with van der Waals surface area (Å²) in [5, 5.41) is 0.688. The number of halogens is 1. The van der Waals surface area contributed by atoms with Crippen LogP contribution in [0.4, 0.5) is 0 Å². The highest BCUT2D eigenvalue weighted by Gasteiger charge is 2.26. The molecule has 3 aromatic carbocycles. The molecule has 5 rings (SSSR count). The number of methoxy groups -OCH3 is 2. The molecule has 1 aliphatic heterocycles. The molecule has 1 aliphatic rings. The lowest BCUT2D eigenvalue weighted by atomic mass is 10.1. The van der Waals surface area contributed by atoms with Gasteiger partial charge in [-0.3, -0.25) is 14.4 Å². The fraction of sp³-hybridized carbons (Fsp3) is 0.219. The molecule has 0 bridgehead atoms. The van der Waals surface area contributed by atoms with E-state index in [1.54, 1.807) is 42.5 Å². The lowest BCUT2D eigenvalue weighted by molar-refractivity contribution is -0.133. The van der Waals surface area contributed by atoms with Gasteiger partial charge >= 0.3 is 0 Å². The monoisotopic (exact) mass is 604 g/mol. The number of carbonyl (C=O) groups is 2. The average Bonchev–Trinajstić information content (AvgIpc) is 3.49. The van der Waals surface area contributed by atoms with Crippen LogP contribution in [0.2, 0.25) is 5.02 Å². The van der Waals surface area contributed by atoms with Gasteiger partial charge in [-0.05, 0) is 48.0 Å². The molecule has 0 atom stereocenters. The molecule has 0 saturated heterocycles. The van der Waals surface area contributed by atoms with E-state index in [4.69, 9.17) is 35.0 Å². The van der Waals surface area contributed by atoms with Gasteiger partial charge in [0.25, 0.3) is 5.91 Å². The van der Waals surface area contributed by atoms with Crippen molar-refractivity contribution in [3.63, 3.8) is 0 Å². The molecular weight excluding hydrogens is 576 g/mol. The minimum Gasteiger partial charge on any atom is -0.497 e. The van der Waals surface area contributed by atoms with Crippen molar-refractivity contribution in [1.82, 2.24) is 9.80 Å². The third-order valence-electron chi connectivity index (χ3n) is 6.93.